The molecule has 0 aliphatic rings. The average Bonchev–Trinajstić information content (AvgIpc) is 2.47. The first kappa shape index (κ1) is 25.2. The molecule has 7 heteroatoms. The van der Waals surface area contributed by atoms with Gasteiger partial charge in [-0.15, -0.1) is 0 Å². The zero-order valence-corrected chi connectivity index (χ0v) is 17.9. The molecule has 0 radical (unpaired) electrons. The van der Waals surface area contributed by atoms with Crippen molar-refractivity contribution in [3.63, 3.8) is 0 Å². The van der Waals surface area contributed by atoms with E-state index < -0.39 is 23.4 Å². The fourth-order valence-electron chi connectivity index (χ4n) is 2.41. The predicted octanol–water partition coefficient (Wildman–Crippen LogP) is 4.33. The van der Waals surface area contributed by atoms with Crippen molar-refractivity contribution in [2.24, 2.45) is 0 Å². The summed E-state index contributed by atoms with van der Waals surface area (Å²) >= 11 is 0. The number of rotatable bonds is 11. The zero-order chi connectivity index (χ0) is 20.9. The highest BCUT2D eigenvalue weighted by Crippen LogP contribution is 2.12. The Kier molecular flexibility index (Phi) is 11.7. The van der Waals surface area contributed by atoms with Crippen molar-refractivity contribution in [3.8, 4) is 0 Å². The molecular formula is C20H38N2O5. The molecule has 2 amide bonds. The highest BCUT2D eigenvalue weighted by atomic mass is 16.6. The summed E-state index contributed by atoms with van der Waals surface area (Å²) in [6.07, 6.45) is 5.62. The molecule has 7 nitrogen and oxygen atoms in total. The maximum atomic E-state index is 12.0. The SMILES string of the molecule is CC(C)(C)OC(=O)NCCCC(CCCCCC=O)NC(=O)OC(C)(C)C. The molecule has 0 aliphatic carbocycles. The van der Waals surface area contributed by atoms with Crippen LogP contribution in [0.25, 0.3) is 0 Å². The third kappa shape index (κ3) is 17.4. The van der Waals surface area contributed by atoms with E-state index in [0.29, 0.717) is 19.4 Å². The smallest absolute Gasteiger partial charge is 0.407 e. The van der Waals surface area contributed by atoms with Gasteiger partial charge in [-0.3, -0.25) is 0 Å². The van der Waals surface area contributed by atoms with Gasteiger partial charge in [-0.1, -0.05) is 12.8 Å². The minimum atomic E-state index is -0.545. The van der Waals surface area contributed by atoms with Crippen LogP contribution in [-0.4, -0.2) is 42.3 Å². The number of nitrogens with one attached hydrogen (secondary N) is 2. The lowest BCUT2D eigenvalue weighted by atomic mass is 10.0. The van der Waals surface area contributed by atoms with Gasteiger partial charge in [0, 0.05) is 19.0 Å². The van der Waals surface area contributed by atoms with Gasteiger partial charge in [-0.2, -0.15) is 0 Å². The van der Waals surface area contributed by atoms with Crippen molar-refractivity contribution in [2.45, 2.75) is 104 Å². The van der Waals surface area contributed by atoms with Crippen molar-refractivity contribution >= 4 is 18.5 Å². The Labute approximate surface area is 163 Å². The van der Waals surface area contributed by atoms with Crippen molar-refractivity contribution in [1.82, 2.24) is 10.6 Å². The van der Waals surface area contributed by atoms with Crippen LogP contribution in [0.5, 0.6) is 0 Å². The summed E-state index contributed by atoms with van der Waals surface area (Å²) in [4.78, 5) is 34.1. The van der Waals surface area contributed by atoms with Crippen LogP contribution in [0.1, 0.15) is 86.5 Å². The Balaban J connectivity index is 4.33. The summed E-state index contributed by atoms with van der Waals surface area (Å²) in [6.45, 7) is 11.4. The quantitative estimate of drug-likeness (QED) is 0.407. The normalized spacial score (nSPS) is 12.8. The highest BCUT2D eigenvalue weighted by molar-refractivity contribution is 5.68. The van der Waals surface area contributed by atoms with Gasteiger partial charge < -0.3 is 24.9 Å². The third-order valence-electron chi connectivity index (χ3n) is 3.49. The molecule has 0 aromatic rings. The van der Waals surface area contributed by atoms with Crippen molar-refractivity contribution in [1.29, 1.82) is 0 Å². The predicted molar refractivity (Wildman–Crippen MR) is 106 cm³/mol. The van der Waals surface area contributed by atoms with E-state index in [9.17, 15) is 14.4 Å². The molecule has 0 bridgehead atoms. The first-order chi connectivity index (χ1) is 12.4. The number of carbonyl (C=O) groups excluding carboxylic acids is 3. The first-order valence-electron chi connectivity index (χ1n) is 9.83. The van der Waals surface area contributed by atoms with Gasteiger partial charge in [0.1, 0.15) is 17.5 Å². The van der Waals surface area contributed by atoms with Gasteiger partial charge in [0.15, 0.2) is 0 Å². The van der Waals surface area contributed by atoms with Crippen LogP contribution in [0.2, 0.25) is 0 Å². The number of aldehydes is 1. The van der Waals surface area contributed by atoms with E-state index in [-0.39, 0.29) is 6.04 Å². The summed E-state index contributed by atoms with van der Waals surface area (Å²) in [5.74, 6) is 0. The minimum Gasteiger partial charge on any atom is -0.444 e. The van der Waals surface area contributed by atoms with E-state index in [4.69, 9.17) is 9.47 Å². The Bertz CT molecular complexity index is 452. The summed E-state index contributed by atoms with van der Waals surface area (Å²) in [5, 5.41) is 5.64. The Morgan fingerprint density at radius 3 is 1.96 bits per heavy atom. The maximum absolute atomic E-state index is 12.0. The molecule has 27 heavy (non-hydrogen) atoms. The number of ether oxygens (including phenoxy) is 2. The Morgan fingerprint density at radius 1 is 0.852 bits per heavy atom. The van der Waals surface area contributed by atoms with Crippen LogP contribution in [0.4, 0.5) is 9.59 Å². The number of alkyl carbamates (subject to hydrolysis) is 2. The maximum Gasteiger partial charge on any atom is 0.407 e. The number of amides is 2. The van der Waals surface area contributed by atoms with E-state index in [0.717, 1.165) is 38.4 Å². The molecule has 158 valence electrons. The number of carbonyl (C=O) groups is 3. The van der Waals surface area contributed by atoms with Crippen molar-refractivity contribution in [2.75, 3.05) is 6.54 Å². The largest absolute Gasteiger partial charge is 0.444 e. The van der Waals surface area contributed by atoms with Crippen molar-refractivity contribution in [3.05, 3.63) is 0 Å². The van der Waals surface area contributed by atoms with Crippen LogP contribution < -0.4 is 10.6 Å². The second-order valence-corrected chi connectivity index (χ2v) is 8.72. The lowest BCUT2D eigenvalue weighted by Crippen LogP contribution is -2.39. The fourth-order valence-corrected chi connectivity index (χ4v) is 2.41. The van der Waals surface area contributed by atoms with Gasteiger partial charge in [-0.25, -0.2) is 9.59 Å². The van der Waals surface area contributed by atoms with Gasteiger partial charge in [0.25, 0.3) is 0 Å². The second-order valence-electron chi connectivity index (χ2n) is 8.72. The van der Waals surface area contributed by atoms with Crippen LogP contribution >= 0.6 is 0 Å². The molecular weight excluding hydrogens is 348 g/mol. The van der Waals surface area contributed by atoms with Crippen LogP contribution in [0.15, 0.2) is 0 Å². The summed E-state index contributed by atoms with van der Waals surface area (Å²) < 4.78 is 10.5. The second kappa shape index (κ2) is 12.6. The van der Waals surface area contributed by atoms with Crippen LogP contribution in [0, 0.1) is 0 Å². The molecule has 0 spiro atoms. The topological polar surface area (TPSA) is 93.7 Å². The fraction of sp³-hybridized carbons (Fsp3) is 0.850. The molecule has 0 fully saturated rings. The molecule has 2 N–H and O–H groups in total. The monoisotopic (exact) mass is 386 g/mol. The molecule has 0 aromatic carbocycles. The van der Waals surface area contributed by atoms with Gasteiger partial charge in [0.2, 0.25) is 0 Å². The summed E-state index contributed by atoms with van der Waals surface area (Å²) in [7, 11) is 0. The molecule has 0 saturated heterocycles. The Hall–Kier alpha value is -1.79. The molecule has 0 rings (SSSR count). The van der Waals surface area contributed by atoms with Crippen LogP contribution in [0.3, 0.4) is 0 Å². The number of unbranched alkanes of at least 4 members (excludes halogenated alkanes) is 3. The lowest BCUT2D eigenvalue weighted by molar-refractivity contribution is -0.107. The van der Waals surface area contributed by atoms with E-state index in [2.05, 4.69) is 10.6 Å². The first-order valence-corrected chi connectivity index (χ1v) is 9.83. The number of hydrogen-bond acceptors (Lipinski definition) is 5. The summed E-state index contributed by atoms with van der Waals surface area (Å²) in [5.41, 5.74) is -1.07. The molecule has 0 heterocycles. The third-order valence-corrected chi connectivity index (χ3v) is 3.49. The van der Waals surface area contributed by atoms with E-state index in [1.807, 2.05) is 41.5 Å². The molecule has 1 atom stereocenters. The summed E-state index contributed by atoms with van der Waals surface area (Å²) in [6, 6.07) is -0.0310. The standard InChI is InChI=1S/C20H38N2O5/c1-19(2,3)26-17(24)21-14-11-13-16(12-9-7-8-10-15-23)22-18(25)27-20(4,5)6/h15-16H,7-14H2,1-6H3,(H,21,24)(H,22,25). The van der Waals surface area contributed by atoms with Crippen molar-refractivity contribution < 1.29 is 23.9 Å². The van der Waals surface area contributed by atoms with Crippen LogP contribution in [-0.2, 0) is 14.3 Å². The molecule has 1 unspecified atom stereocenters. The van der Waals surface area contributed by atoms with E-state index in [1.54, 1.807) is 0 Å². The zero-order valence-electron chi connectivity index (χ0n) is 17.9. The minimum absolute atomic E-state index is 0.0310. The van der Waals surface area contributed by atoms with Gasteiger partial charge in [-0.05, 0) is 67.2 Å². The van der Waals surface area contributed by atoms with Gasteiger partial charge >= 0.3 is 12.2 Å². The van der Waals surface area contributed by atoms with E-state index >= 15 is 0 Å². The molecule has 0 aliphatic heterocycles. The number of hydrogen-bond donors (Lipinski definition) is 2. The average molecular weight is 387 g/mol. The molecule has 0 saturated carbocycles. The molecule has 0 aromatic heterocycles. The van der Waals surface area contributed by atoms with Gasteiger partial charge in [0.05, 0.1) is 0 Å². The lowest BCUT2D eigenvalue weighted by Gasteiger charge is -2.24. The Morgan fingerprint density at radius 2 is 1.41 bits per heavy atom. The van der Waals surface area contributed by atoms with E-state index in [1.165, 1.54) is 0 Å². The highest BCUT2D eigenvalue weighted by Gasteiger charge is 2.20.